The highest BCUT2D eigenvalue weighted by molar-refractivity contribution is 5.40. The second-order valence-electron chi connectivity index (χ2n) is 6.31. The Morgan fingerprint density at radius 2 is 2.00 bits per heavy atom. The summed E-state index contributed by atoms with van der Waals surface area (Å²) in [6, 6.07) is 15.4. The molecule has 0 bridgehead atoms. The standard InChI is InChI=1S/C20H19FN3O2.BrH/c1-26-18-5-2-4-15(12-18)13-24-19-22-10-3-11-23(19)14-20(24,25)16-6-8-17(21)9-7-16;/h2-12,25H,13-14H2,1H3;1H/q+1;/p-1/t20-;/m1./s1. The van der Waals surface area contributed by atoms with Crippen LogP contribution in [0.25, 0.3) is 0 Å². The fourth-order valence-corrected chi connectivity index (χ4v) is 3.35. The van der Waals surface area contributed by atoms with Gasteiger partial charge in [-0.05, 0) is 42.0 Å². The molecular weight excluding hydrogens is 413 g/mol. The molecule has 140 valence electrons. The molecule has 0 amide bonds. The van der Waals surface area contributed by atoms with Crippen LogP contribution in [0.4, 0.5) is 10.3 Å². The number of methoxy groups -OCH3 is 1. The van der Waals surface area contributed by atoms with Crippen molar-refractivity contribution in [2.24, 2.45) is 0 Å². The van der Waals surface area contributed by atoms with Gasteiger partial charge in [0.05, 0.1) is 19.9 Å². The van der Waals surface area contributed by atoms with Gasteiger partial charge in [0.1, 0.15) is 24.3 Å². The van der Waals surface area contributed by atoms with Crippen LogP contribution in [-0.2, 0) is 18.8 Å². The number of halogens is 2. The molecular formula is C20H19BrFN3O2. The third kappa shape index (κ3) is 3.52. The monoisotopic (exact) mass is 431 g/mol. The maximum absolute atomic E-state index is 13.4. The molecule has 0 saturated heterocycles. The number of ether oxygens (including phenoxy) is 1. The molecule has 0 unspecified atom stereocenters. The van der Waals surface area contributed by atoms with Gasteiger partial charge in [0.15, 0.2) is 0 Å². The second-order valence-corrected chi connectivity index (χ2v) is 6.31. The van der Waals surface area contributed by atoms with Crippen LogP contribution < -0.4 is 31.2 Å². The Kier molecular flexibility index (Phi) is 5.43. The normalized spacial score (nSPS) is 18.0. The predicted octanol–water partition coefficient (Wildman–Crippen LogP) is -0.614. The minimum atomic E-state index is -1.32. The van der Waals surface area contributed by atoms with Crippen molar-refractivity contribution in [3.63, 3.8) is 0 Å². The first kappa shape index (κ1) is 19.3. The number of rotatable bonds is 4. The maximum Gasteiger partial charge on any atom is 0.397 e. The highest BCUT2D eigenvalue weighted by Crippen LogP contribution is 2.35. The molecule has 0 saturated carbocycles. The maximum atomic E-state index is 13.4. The summed E-state index contributed by atoms with van der Waals surface area (Å²) in [5.74, 6) is 1.07. The molecule has 1 aromatic heterocycles. The largest absolute Gasteiger partial charge is 1.00 e. The number of hydrogen-bond acceptors (Lipinski definition) is 4. The van der Waals surface area contributed by atoms with E-state index in [1.54, 1.807) is 25.4 Å². The van der Waals surface area contributed by atoms with Gasteiger partial charge in [-0.2, -0.15) is 0 Å². The first-order chi connectivity index (χ1) is 12.6. The van der Waals surface area contributed by atoms with Gasteiger partial charge < -0.3 is 26.8 Å². The van der Waals surface area contributed by atoms with E-state index < -0.39 is 5.72 Å². The predicted molar refractivity (Wildman–Crippen MR) is 93.9 cm³/mol. The quantitative estimate of drug-likeness (QED) is 0.559. The molecule has 0 aliphatic carbocycles. The lowest BCUT2D eigenvalue weighted by atomic mass is 10.0. The highest BCUT2D eigenvalue weighted by Gasteiger charge is 2.51. The van der Waals surface area contributed by atoms with Crippen LogP contribution >= 0.6 is 0 Å². The third-order valence-electron chi connectivity index (χ3n) is 4.66. The molecule has 5 nitrogen and oxygen atoms in total. The Hall–Kier alpha value is -2.51. The molecule has 2 aromatic carbocycles. The molecule has 0 fully saturated rings. The van der Waals surface area contributed by atoms with Crippen molar-refractivity contribution in [3.8, 4) is 5.75 Å². The SMILES string of the molecule is COc1cccc(CN2c3nccc[n+]3C[C@@]2(O)c2ccc(F)cc2)c1.[Br-]. The van der Waals surface area contributed by atoms with E-state index >= 15 is 0 Å². The van der Waals surface area contributed by atoms with Gasteiger partial charge in [0.2, 0.25) is 5.72 Å². The van der Waals surface area contributed by atoms with Gasteiger partial charge in [0.25, 0.3) is 0 Å². The highest BCUT2D eigenvalue weighted by atomic mass is 79.9. The zero-order chi connectivity index (χ0) is 18.1. The second kappa shape index (κ2) is 7.62. The third-order valence-corrected chi connectivity index (χ3v) is 4.66. The fourth-order valence-electron chi connectivity index (χ4n) is 3.35. The lowest BCUT2D eigenvalue weighted by Gasteiger charge is -2.28. The minimum Gasteiger partial charge on any atom is -1.00 e. The Morgan fingerprint density at radius 1 is 1.22 bits per heavy atom. The van der Waals surface area contributed by atoms with Crippen molar-refractivity contribution in [2.75, 3.05) is 12.0 Å². The van der Waals surface area contributed by atoms with Crippen molar-refractivity contribution >= 4 is 5.95 Å². The van der Waals surface area contributed by atoms with E-state index in [0.29, 0.717) is 24.6 Å². The first-order valence-corrected chi connectivity index (χ1v) is 8.33. The summed E-state index contributed by atoms with van der Waals surface area (Å²) >= 11 is 0. The van der Waals surface area contributed by atoms with Crippen molar-refractivity contribution in [2.45, 2.75) is 18.8 Å². The zero-order valence-corrected chi connectivity index (χ0v) is 16.3. The fraction of sp³-hybridized carbons (Fsp3) is 0.200. The van der Waals surface area contributed by atoms with Crippen LogP contribution in [0.3, 0.4) is 0 Å². The lowest BCUT2D eigenvalue weighted by molar-refractivity contribution is -0.685. The first-order valence-electron chi connectivity index (χ1n) is 8.33. The molecule has 1 aliphatic rings. The van der Waals surface area contributed by atoms with Gasteiger partial charge in [-0.25, -0.2) is 13.9 Å². The lowest BCUT2D eigenvalue weighted by Crippen LogP contribution is -3.00. The summed E-state index contributed by atoms with van der Waals surface area (Å²) in [7, 11) is 1.62. The molecule has 1 N–H and O–H groups in total. The van der Waals surface area contributed by atoms with Gasteiger partial charge in [-0.15, -0.1) is 0 Å². The summed E-state index contributed by atoms with van der Waals surface area (Å²) in [5.41, 5.74) is 0.272. The van der Waals surface area contributed by atoms with E-state index in [0.717, 1.165) is 11.3 Å². The van der Waals surface area contributed by atoms with E-state index in [1.807, 2.05) is 46.0 Å². The summed E-state index contributed by atoms with van der Waals surface area (Å²) in [6.07, 6.45) is 3.57. The molecule has 3 aromatic rings. The molecule has 27 heavy (non-hydrogen) atoms. The Bertz CT molecular complexity index is 939. The van der Waals surface area contributed by atoms with E-state index in [2.05, 4.69) is 4.98 Å². The Labute approximate surface area is 167 Å². The van der Waals surface area contributed by atoms with Crippen molar-refractivity contribution < 1.29 is 35.8 Å². The molecule has 0 spiro atoms. The number of aliphatic hydroxyl groups is 1. The number of hydrogen-bond donors (Lipinski definition) is 1. The summed E-state index contributed by atoms with van der Waals surface area (Å²) < 4.78 is 20.5. The van der Waals surface area contributed by atoms with E-state index in [4.69, 9.17) is 4.74 Å². The molecule has 7 heteroatoms. The Morgan fingerprint density at radius 3 is 2.74 bits per heavy atom. The Balaban J connectivity index is 0.00000210. The van der Waals surface area contributed by atoms with Crippen LogP contribution in [0.2, 0.25) is 0 Å². The summed E-state index contributed by atoms with van der Waals surface area (Å²) in [5, 5.41) is 11.5. The van der Waals surface area contributed by atoms with E-state index in [-0.39, 0.29) is 22.8 Å². The van der Waals surface area contributed by atoms with Crippen LogP contribution in [0.15, 0.2) is 67.0 Å². The molecule has 4 rings (SSSR count). The van der Waals surface area contributed by atoms with E-state index in [9.17, 15) is 9.50 Å². The number of nitrogens with zero attached hydrogens (tertiary/aromatic N) is 3. The van der Waals surface area contributed by atoms with Crippen molar-refractivity contribution in [1.29, 1.82) is 0 Å². The summed E-state index contributed by atoms with van der Waals surface area (Å²) in [6.45, 7) is 0.744. The van der Waals surface area contributed by atoms with Crippen LogP contribution in [-0.4, -0.2) is 17.2 Å². The number of aromatic nitrogens is 2. The van der Waals surface area contributed by atoms with Crippen LogP contribution in [0.5, 0.6) is 5.75 Å². The minimum absolute atomic E-state index is 0. The van der Waals surface area contributed by atoms with Crippen LogP contribution in [0.1, 0.15) is 11.1 Å². The van der Waals surface area contributed by atoms with Gasteiger partial charge in [-0.3, -0.25) is 0 Å². The topological polar surface area (TPSA) is 49.5 Å². The van der Waals surface area contributed by atoms with Gasteiger partial charge in [-0.1, -0.05) is 17.1 Å². The smallest absolute Gasteiger partial charge is 0.397 e. The van der Waals surface area contributed by atoms with Crippen molar-refractivity contribution in [3.05, 3.63) is 83.9 Å². The average molecular weight is 432 g/mol. The molecule has 0 radical (unpaired) electrons. The molecule has 2 heterocycles. The zero-order valence-electron chi connectivity index (χ0n) is 14.7. The van der Waals surface area contributed by atoms with Crippen molar-refractivity contribution in [1.82, 2.24) is 4.98 Å². The molecule has 1 aliphatic heterocycles. The average Bonchev–Trinajstić information content (AvgIpc) is 2.95. The molecule has 1 atom stereocenters. The van der Waals surface area contributed by atoms with E-state index in [1.165, 1.54) is 12.1 Å². The summed E-state index contributed by atoms with van der Waals surface area (Å²) in [4.78, 5) is 6.27. The number of fused-ring (bicyclic) bond motifs is 1. The van der Waals surface area contributed by atoms with Crippen LogP contribution in [0, 0.1) is 5.82 Å². The number of benzene rings is 2. The van der Waals surface area contributed by atoms with Gasteiger partial charge >= 0.3 is 5.95 Å². The number of anilines is 1. The van der Waals surface area contributed by atoms with Gasteiger partial charge in [0, 0.05) is 11.6 Å².